The Morgan fingerprint density at radius 2 is 1.72 bits per heavy atom. The zero-order chi connectivity index (χ0) is 22.5. The molecule has 8 nitrogen and oxygen atoms in total. The van der Waals surface area contributed by atoms with Crippen molar-refractivity contribution in [3.63, 3.8) is 0 Å². The lowest BCUT2D eigenvalue weighted by molar-refractivity contribution is 0.239. The molecule has 4 rings (SSSR count). The van der Waals surface area contributed by atoms with Gasteiger partial charge in [0.2, 0.25) is 0 Å². The number of methoxy groups -OCH3 is 2. The van der Waals surface area contributed by atoms with Crippen LogP contribution in [0.15, 0.2) is 36.4 Å². The molecular formula is C24H32N6O2. The number of aromatic nitrogens is 4. The van der Waals surface area contributed by atoms with E-state index >= 15 is 0 Å². The first-order valence-corrected chi connectivity index (χ1v) is 11.1. The zero-order valence-corrected chi connectivity index (χ0v) is 19.4. The number of nitrogens with zero attached hydrogens (tertiary/aromatic N) is 6. The van der Waals surface area contributed by atoms with Crippen LogP contribution in [0.4, 0.5) is 5.69 Å². The van der Waals surface area contributed by atoms with Gasteiger partial charge in [-0.3, -0.25) is 4.90 Å². The van der Waals surface area contributed by atoms with Crippen LogP contribution in [0.25, 0.3) is 0 Å². The van der Waals surface area contributed by atoms with E-state index in [0.717, 1.165) is 68.6 Å². The van der Waals surface area contributed by atoms with E-state index in [0.29, 0.717) is 0 Å². The lowest BCUT2D eigenvalue weighted by atomic mass is 10.1. The normalized spacial score (nSPS) is 14.6. The molecule has 0 aliphatic carbocycles. The largest absolute Gasteiger partial charge is 0.493 e. The molecule has 8 heteroatoms. The summed E-state index contributed by atoms with van der Waals surface area (Å²) in [5.74, 6) is 2.38. The van der Waals surface area contributed by atoms with Crippen LogP contribution in [-0.2, 0) is 19.5 Å². The Morgan fingerprint density at radius 1 is 0.938 bits per heavy atom. The van der Waals surface area contributed by atoms with Gasteiger partial charge in [0.05, 0.1) is 20.8 Å². The minimum absolute atomic E-state index is 0.722. The second-order valence-corrected chi connectivity index (χ2v) is 8.24. The van der Waals surface area contributed by atoms with Crippen LogP contribution in [0.5, 0.6) is 11.5 Å². The van der Waals surface area contributed by atoms with Gasteiger partial charge in [0.25, 0.3) is 0 Å². The monoisotopic (exact) mass is 436 g/mol. The number of ether oxygens (including phenoxy) is 2. The fourth-order valence-electron chi connectivity index (χ4n) is 4.21. The molecule has 1 aromatic heterocycles. The van der Waals surface area contributed by atoms with E-state index in [4.69, 9.17) is 9.47 Å². The Bertz CT molecular complexity index is 1040. The van der Waals surface area contributed by atoms with E-state index in [2.05, 4.69) is 63.4 Å². The molecule has 1 saturated heterocycles. The maximum absolute atomic E-state index is 5.41. The number of piperazine rings is 1. The number of rotatable bonds is 8. The maximum atomic E-state index is 5.41. The molecule has 0 amide bonds. The van der Waals surface area contributed by atoms with Gasteiger partial charge >= 0.3 is 0 Å². The van der Waals surface area contributed by atoms with Gasteiger partial charge in [-0.15, -0.1) is 5.10 Å². The first-order valence-electron chi connectivity index (χ1n) is 11.1. The number of benzene rings is 2. The standard InChI is InChI=1S/C24H32N6O2/c1-18-6-5-7-21(19(18)2)29-14-12-28(13-15-29)17-24-25-26-27-30(24)11-10-20-8-9-22(31-3)23(16-20)32-4/h5-9,16H,10-15,17H2,1-4H3. The van der Waals surface area contributed by atoms with E-state index in [1.54, 1.807) is 14.2 Å². The first-order chi connectivity index (χ1) is 15.6. The van der Waals surface area contributed by atoms with E-state index < -0.39 is 0 Å². The molecule has 1 aliphatic rings. The summed E-state index contributed by atoms with van der Waals surface area (Å²) in [4.78, 5) is 4.92. The first kappa shape index (κ1) is 22.1. The SMILES string of the molecule is COc1ccc(CCn2nnnc2CN2CCN(c3cccc(C)c3C)CC2)cc1OC. The fraction of sp³-hybridized carbons (Fsp3) is 0.458. The number of anilines is 1. The Kier molecular flexibility index (Phi) is 6.90. The van der Waals surface area contributed by atoms with Gasteiger partial charge in [0.15, 0.2) is 17.3 Å². The maximum Gasteiger partial charge on any atom is 0.165 e. The number of hydrogen-bond acceptors (Lipinski definition) is 7. The van der Waals surface area contributed by atoms with E-state index in [9.17, 15) is 0 Å². The van der Waals surface area contributed by atoms with Crippen molar-refractivity contribution in [3.8, 4) is 11.5 Å². The van der Waals surface area contributed by atoms with Crippen molar-refractivity contribution in [3.05, 3.63) is 58.9 Å². The van der Waals surface area contributed by atoms with E-state index in [1.165, 1.54) is 16.8 Å². The van der Waals surface area contributed by atoms with Crippen molar-refractivity contribution >= 4 is 5.69 Å². The molecule has 1 fully saturated rings. The molecular weight excluding hydrogens is 404 g/mol. The predicted molar refractivity (Wildman–Crippen MR) is 124 cm³/mol. The zero-order valence-electron chi connectivity index (χ0n) is 19.4. The lowest BCUT2D eigenvalue weighted by Gasteiger charge is -2.36. The van der Waals surface area contributed by atoms with Crippen molar-refractivity contribution in [2.24, 2.45) is 0 Å². The van der Waals surface area contributed by atoms with Crippen molar-refractivity contribution in [1.29, 1.82) is 0 Å². The summed E-state index contributed by atoms with van der Waals surface area (Å²) < 4.78 is 12.6. The Hall–Kier alpha value is -3.13. The van der Waals surface area contributed by atoms with E-state index in [-0.39, 0.29) is 0 Å². The smallest absolute Gasteiger partial charge is 0.165 e. The van der Waals surface area contributed by atoms with Crippen LogP contribution < -0.4 is 14.4 Å². The van der Waals surface area contributed by atoms with Crippen molar-refractivity contribution < 1.29 is 9.47 Å². The quantitative estimate of drug-likeness (QED) is 0.538. The van der Waals surface area contributed by atoms with Gasteiger partial charge in [0, 0.05) is 38.4 Å². The summed E-state index contributed by atoms with van der Waals surface area (Å²) in [7, 11) is 3.30. The third-order valence-electron chi connectivity index (χ3n) is 6.32. The van der Waals surface area contributed by atoms with Crippen LogP contribution in [0.1, 0.15) is 22.5 Å². The molecule has 2 heterocycles. The summed E-state index contributed by atoms with van der Waals surface area (Å²) in [5, 5.41) is 12.4. The minimum Gasteiger partial charge on any atom is -0.493 e. The second kappa shape index (κ2) is 9.99. The highest BCUT2D eigenvalue weighted by molar-refractivity contribution is 5.56. The highest BCUT2D eigenvalue weighted by Crippen LogP contribution is 2.28. The second-order valence-electron chi connectivity index (χ2n) is 8.24. The van der Waals surface area contributed by atoms with Crippen LogP contribution in [0, 0.1) is 13.8 Å². The molecule has 2 aromatic carbocycles. The topological polar surface area (TPSA) is 68.5 Å². The summed E-state index contributed by atoms with van der Waals surface area (Å²) in [6.45, 7) is 9.89. The van der Waals surface area contributed by atoms with Gasteiger partial charge in [-0.05, 0) is 65.6 Å². The van der Waals surface area contributed by atoms with Crippen LogP contribution in [0.3, 0.4) is 0 Å². The Labute approximate surface area is 189 Å². The van der Waals surface area contributed by atoms with Crippen molar-refractivity contribution in [1.82, 2.24) is 25.1 Å². The van der Waals surface area contributed by atoms with Gasteiger partial charge in [0.1, 0.15) is 0 Å². The van der Waals surface area contributed by atoms with E-state index in [1.807, 2.05) is 16.8 Å². The highest BCUT2D eigenvalue weighted by Gasteiger charge is 2.21. The van der Waals surface area contributed by atoms with Gasteiger partial charge in [-0.2, -0.15) is 0 Å². The number of tetrazole rings is 1. The summed E-state index contributed by atoms with van der Waals surface area (Å²) in [6.07, 6.45) is 0.818. The van der Waals surface area contributed by atoms with Crippen molar-refractivity contribution in [2.45, 2.75) is 33.4 Å². The Balaban J connectivity index is 1.33. The molecule has 0 bridgehead atoms. The Morgan fingerprint density at radius 3 is 2.47 bits per heavy atom. The summed E-state index contributed by atoms with van der Waals surface area (Å²) in [6, 6.07) is 12.6. The molecule has 0 radical (unpaired) electrons. The fourth-order valence-corrected chi connectivity index (χ4v) is 4.21. The third kappa shape index (κ3) is 4.85. The third-order valence-corrected chi connectivity index (χ3v) is 6.32. The van der Waals surface area contributed by atoms with Gasteiger partial charge < -0.3 is 14.4 Å². The minimum atomic E-state index is 0.722. The van der Waals surface area contributed by atoms with Gasteiger partial charge in [-0.1, -0.05) is 18.2 Å². The predicted octanol–water partition coefficient (Wildman–Crippen LogP) is 2.87. The molecule has 0 atom stereocenters. The molecule has 0 spiro atoms. The summed E-state index contributed by atoms with van der Waals surface area (Å²) in [5.41, 5.74) is 5.23. The molecule has 3 aromatic rings. The molecule has 0 N–H and O–H groups in total. The molecule has 170 valence electrons. The average Bonchev–Trinajstić information content (AvgIpc) is 3.26. The van der Waals surface area contributed by atoms with Gasteiger partial charge in [-0.25, -0.2) is 4.68 Å². The van der Waals surface area contributed by atoms with Crippen LogP contribution in [0.2, 0.25) is 0 Å². The lowest BCUT2D eigenvalue weighted by Crippen LogP contribution is -2.46. The summed E-state index contributed by atoms with van der Waals surface area (Å²) >= 11 is 0. The number of aryl methyl sites for hydroxylation is 3. The van der Waals surface area contributed by atoms with Crippen molar-refractivity contribution in [2.75, 3.05) is 45.3 Å². The average molecular weight is 437 g/mol. The van der Waals surface area contributed by atoms with Crippen LogP contribution >= 0.6 is 0 Å². The van der Waals surface area contributed by atoms with Crippen LogP contribution in [-0.4, -0.2) is 65.5 Å². The molecule has 0 unspecified atom stereocenters. The molecule has 0 saturated carbocycles. The number of hydrogen-bond donors (Lipinski definition) is 0. The molecule has 1 aliphatic heterocycles. The highest BCUT2D eigenvalue weighted by atomic mass is 16.5. The molecule has 32 heavy (non-hydrogen) atoms.